The van der Waals surface area contributed by atoms with Crippen LogP contribution in [-0.4, -0.2) is 58.0 Å². The number of methoxy groups -OCH3 is 2. The molecular formula is C11H23N3O2. The third-order valence-corrected chi connectivity index (χ3v) is 2.36. The topological polar surface area (TPSA) is 71.5 Å². The van der Waals surface area contributed by atoms with E-state index in [9.17, 15) is 0 Å². The summed E-state index contributed by atoms with van der Waals surface area (Å²) in [5.41, 5.74) is 5.56. The van der Waals surface area contributed by atoms with Crippen molar-refractivity contribution in [3.8, 4) is 6.07 Å². The summed E-state index contributed by atoms with van der Waals surface area (Å²) in [5, 5.41) is 8.60. The first-order chi connectivity index (χ1) is 7.74. The number of rotatable bonds is 10. The Morgan fingerprint density at radius 2 is 1.88 bits per heavy atom. The van der Waals surface area contributed by atoms with Crippen LogP contribution >= 0.6 is 0 Å². The molecule has 0 heterocycles. The van der Waals surface area contributed by atoms with E-state index in [0.717, 1.165) is 32.7 Å². The van der Waals surface area contributed by atoms with Crippen molar-refractivity contribution in [3.63, 3.8) is 0 Å². The van der Waals surface area contributed by atoms with E-state index in [0.29, 0.717) is 13.0 Å². The molecule has 0 aromatic rings. The average molecular weight is 229 g/mol. The molecule has 0 aromatic carbocycles. The minimum atomic E-state index is -0.368. The van der Waals surface area contributed by atoms with Gasteiger partial charge in [0.15, 0.2) is 0 Å². The normalized spacial score (nSPS) is 12.7. The Morgan fingerprint density at radius 3 is 2.44 bits per heavy atom. The molecule has 0 aromatic heterocycles. The lowest BCUT2D eigenvalue weighted by molar-refractivity contribution is 0.131. The predicted octanol–water partition coefficient (Wildman–Crippen LogP) is 0.212. The molecule has 0 saturated heterocycles. The van der Waals surface area contributed by atoms with Gasteiger partial charge in [0.1, 0.15) is 0 Å². The van der Waals surface area contributed by atoms with Gasteiger partial charge in [0.25, 0.3) is 0 Å². The van der Waals surface area contributed by atoms with E-state index in [1.54, 1.807) is 14.2 Å². The highest BCUT2D eigenvalue weighted by molar-refractivity contribution is 4.86. The third kappa shape index (κ3) is 8.62. The second-order valence-electron chi connectivity index (χ2n) is 3.71. The Morgan fingerprint density at radius 1 is 1.19 bits per heavy atom. The van der Waals surface area contributed by atoms with Gasteiger partial charge in [0, 0.05) is 40.5 Å². The summed E-state index contributed by atoms with van der Waals surface area (Å²) in [5.74, 6) is 0. The van der Waals surface area contributed by atoms with Gasteiger partial charge in [-0.05, 0) is 12.8 Å². The fraction of sp³-hybridized carbons (Fsp3) is 0.909. The highest BCUT2D eigenvalue weighted by Gasteiger charge is 2.07. The largest absolute Gasteiger partial charge is 0.385 e. The summed E-state index contributed by atoms with van der Waals surface area (Å²) < 4.78 is 10.1. The van der Waals surface area contributed by atoms with Gasteiger partial charge in [-0.2, -0.15) is 5.26 Å². The minimum Gasteiger partial charge on any atom is -0.385 e. The molecule has 16 heavy (non-hydrogen) atoms. The Bertz CT molecular complexity index is 194. The van der Waals surface area contributed by atoms with Gasteiger partial charge in [0.2, 0.25) is 0 Å². The van der Waals surface area contributed by atoms with Crippen molar-refractivity contribution >= 4 is 0 Å². The van der Waals surface area contributed by atoms with Crippen molar-refractivity contribution in [1.82, 2.24) is 4.90 Å². The molecule has 0 aliphatic heterocycles. The fourth-order valence-corrected chi connectivity index (χ4v) is 1.37. The average Bonchev–Trinajstić information content (AvgIpc) is 2.31. The summed E-state index contributed by atoms with van der Waals surface area (Å²) in [4.78, 5) is 2.25. The van der Waals surface area contributed by atoms with Crippen LogP contribution in [0.15, 0.2) is 0 Å². The van der Waals surface area contributed by atoms with Crippen LogP contribution in [0.1, 0.15) is 12.8 Å². The molecule has 1 atom stereocenters. The number of ether oxygens (including phenoxy) is 2. The molecule has 0 radical (unpaired) electrons. The smallest absolute Gasteiger partial charge is 0.0940 e. The van der Waals surface area contributed by atoms with Crippen LogP contribution in [-0.2, 0) is 9.47 Å². The Kier molecular flexibility index (Phi) is 10.4. The van der Waals surface area contributed by atoms with Crippen LogP contribution in [0.2, 0.25) is 0 Å². The second kappa shape index (κ2) is 10.8. The molecule has 5 heteroatoms. The van der Waals surface area contributed by atoms with Gasteiger partial charge >= 0.3 is 0 Å². The zero-order valence-electron chi connectivity index (χ0n) is 10.3. The van der Waals surface area contributed by atoms with Gasteiger partial charge in [0.05, 0.1) is 18.7 Å². The van der Waals surface area contributed by atoms with Crippen molar-refractivity contribution in [3.05, 3.63) is 0 Å². The van der Waals surface area contributed by atoms with Crippen molar-refractivity contribution in [2.75, 3.05) is 47.1 Å². The van der Waals surface area contributed by atoms with E-state index in [1.165, 1.54) is 0 Å². The van der Waals surface area contributed by atoms with Crippen molar-refractivity contribution in [1.29, 1.82) is 5.26 Å². The van der Waals surface area contributed by atoms with Gasteiger partial charge < -0.3 is 20.1 Å². The van der Waals surface area contributed by atoms with Gasteiger partial charge in [-0.3, -0.25) is 0 Å². The van der Waals surface area contributed by atoms with Gasteiger partial charge in [-0.25, -0.2) is 0 Å². The summed E-state index contributed by atoms with van der Waals surface area (Å²) in [6.07, 6.45) is 1.69. The van der Waals surface area contributed by atoms with Crippen LogP contribution in [0, 0.1) is 11.3 Å². The summed E-state index contributed by atoms with van der Waals surface area (Å²) >= 11 is 0. The molecule has 0 saturated carbocycles. The third-order valence-electron chi connectivity index (χ3n) is 2.36. The maximum Gasteiger partial charge on any atom is 0.0940 e. The Balaban J connectivity index is 3.76. The van der Waals surface area contributed by atoms with Crippen LogP contribution in [0.5, 0.6) is 0 Å². The second-order valence-corrected chi connectivity index (χ2v) is 3.71. The first-order valence-corrected chi connectivity index (χ1v) is 5.60. The first kappa shape index (κ1) is 15.3. The number of nitrogens with zero attached hydrogens (tertiary/aromatic N) is 2. The van der Waals surface area contributed by atoms with Crippen LogP contribution < -0.4 is 5.73 Å². The van der Waals surface area contributed by atoms with Crippen molar-refractivity contribution in [2.45, 2.75) is 18.9 Å². The zero-order valence-corrected chi connectivity index (χ0v) is 10.3. The lowest BCUT2D eigenvalue weighted by atomic mass is 10.2. The molecule has 5 nitrogen and oxygen atoms in total. The minimum absolute atomic E-state index is 0.368. The number of hydrogen-bond acceptors (Lipinski definition) is 5. The summed E-state index contributed by atoms with van der Waals surface area (Å²) in [7, 11) is 3.39. The molecule has 0 spiro atoms. The highest BCUT2D eigenvalue weighted by Crippen LogP contribution is 1.97. The number of nitriles is 1. The SMILES string of the molecule is COCCCN(CCOC)CCC(N)C#N. The standard InChI is InChI=1S/C11H23N3O2/c1-15-8-3-5-14(7-9-16-2)6-4-11(13)10-12/h11H,3-9,13H2,1-2H3. The van der Waals surface area contributed by atoms with Crippen molar-refractivity contribution in [2.24, 2.45) is 5.73 Å². The molecular weight excluding hydrogens is 206 g/mol. The van der Waals surface area contributed by atoms with E-state index < -0.39 is 0 Å². The number of nitrogens with two attached hydrogens (primary N) is 1. The molecule has 0 aliphatic carbocycles. The van der Waals surface area contributed by atoms with E-state index in [2.05, 4.69) is 4.90 Å². The maximum atomic E-state index is 8.60. The van der Waals surface area contributed by atoms with Crippen molar-refractivity contribution < 1.29 is 9.47 Å². The zero-order chi connectivity index (χ0) is 12.2. The first-order valence-electron chi connectivity index (χ1n) is 5.60. The van der Waals surface area contributed by atoms with E-state index in [1.807, 2.05) is 6.07 Å². The van der Waals surface area contributed by atoms with Crippen LogP contribution in [0.25, 0.3) is 0 Å². The Labute approximate surface area is 98.1 Å². The van der Waals surface area contributed by atoms with Crippen LogP contribution in [0.4, 0.5) is 0 Å². The Hall–Kier alpha value is -0.670. The molecule has 0 amide bonds. The predicted molar refractivity (Wildman–Crippen MR) is 63.0 cm³/mol. The van der Waals surface area contributed by atoms with Gasteiger partial charge in [-0.15, -0.1) is 0 Å². The lowest BCUT2D eigenvalue weighted by Gasteiger charge is -2.22. The fourth-order valence-electron chi connectivity index (χ4n) is 1.37. The van der Waals surface area contributed by atoms with Gasteiger partial charge in [-0.1, -0.05) is 0 Å². The molecule has 2 N–H and O–H groups in total. The molecule has 94 valence electrons. The van der Waals surface area contributed by atoms with E-state index in [4.69, 9.17) is 20.5 Å². The molecule has 1 unspecified atom stereocenters. The number of hydrogen-bond donors (Lipinski definition) is 1. The molecule has 0 aliphatic rings. The molecule has 0 fully saturated rings. The monoisotopic (exact) mass is 229 g/mol. The highest BCUT2D eigenvalue weighted by atomic mass is 16.5. The molecule has 0 rings (SSSR count). The summed E-state index contributed by atoms with van der Waals surface area (Å²) in [6, 6.07) is 1.67. The van der Waals surface area contributed by atoms with E-state index in [-0.39, 0.29) is 6.04 Å². The van der Waals surface area contributed by atoms with E-state index >= 15 is 0 Å². The quantitative estimate of drug-likeness (QED) is 0.542. The lowest BCUT2D eigenvalue weighted by Crippen LogP contribution is -2.33. The molecule has 0 bridgehead atoms. The van der Waals surface area contributed by atoms with Crippen LogP contribution in [0.3, 0.4) is 0 Å². The summed E-state index contributed by atoms with van der Waals surface area (Å²) in [6.45, 7) is 4.12. The maximum absolute atomic E-state index is 8.60.